The summed E-state index contributed by atoms with van der Waals surface area (Å²) >= 11 is 0. The van der Waals surface area contributed by atoms with Gasteiger partial charge in [0.2, 0.25) is 0 Å². The van der Waals surface area contributed by atoms with Crippen LogP contribution in [0.25, 0.3) is 10.9 Å². The Labute approximate surface area is 209 Å². The zero-order valence-electron chi connectivity index (χ0n) is 20.5. The van der Waals surface area contributed by atoms with Gasteiger partial charge in [0.05, 0.1) is 18.8 Å². The number of aliphatic hydroxyl groups excluding tert-OH is 1. The number of aliphatic hydroxyl groups is 1. The van der Waals surface area contributed by atoms with Gasteiger partial charge < -0.3 is 15.4 Å². The highest BCUT2D eigenvalue weighted by Gasteiger charge is 2.50. The first-order chi connectivity index (χ1) is 17.5. The summed E-state index contributed by atoms with van der Waals surface area (Å²) in [5.74, 6) is -1.01. The van der Waals surface area contributed by atoms with E-state index in [9.17, 15) is 9.50 Å². The smallest absolute Gasteiger partial charge is 0.133 e. The lowest BCUT2D eigenvalue weighted by Gasteiger charge is -2.42. The number of hydrogen-bond acceptors (Lipinski definition) is 4. The Morgan fingerprint density at radius 1 is 1.14 bits per heavy atom. The van der Waals surface area contributed by atoms with E-state index in [0.717, 1.165) is 48.1 Å². The Kier molecular flexibility index (Phi) is 6.22. The van der Waals surface area contributed by atoms with Crippen molar-refractivity contribution in [2.45, 2.75) is 50.4 Å². The molecule has 0 bridgehead atoms. The maximum absolute atomic E-state index is 15.8. The van der Waals surface area contributed by atoms with Gasteiger partial charge in [0.1, 0.15) is 11.6 Å². The molecule has 2 aliphatic heterocycles. The Morgan fingerprint density at radius 2 is 1.89 bits per heavy atom. The maximum Gasteiger partial charge on any atom is 0.133 e. The van der Waals surface area contributed by atoms with Crippen LogP contribution in [0.5, 0.6) is 0 Å². The molecule has 0 amide bonds. The summed E-state index contributed by atoms with van der Waals surface area (Å²) in [5.41, 5.74) is 3.42. The van der Waals surface area contributed by atoms with Crippen LogP contribution < -0.4 is 5.32 Å². The predicted octanol–water partition coefficient (Wildman–Crippen LogP) is 4.62. The molecule has 192 valence electrons. The largest absolute Gasteiger partial charge is 0.396 e. The number of fused-ring (bicyclic) bond motifs is 3. The molecule has 1 saturated carbocycles. The third kappa shape index (κ3) is 4.09. The number of aromatic nitrogens is 1. The Hall–Kier alpha value is -2.55. The van der Waals surface area contributed by atoms with Crippen molar-refractivity contribution in [2.75, 3.05) is 38.2 Å². The summed E-state index contributed by atoms with van der Waals surface area (Å²) < 4.78 is 44.0. The van der Waals surface area contributed by atoms with Crippen molar-refractivity contribution in [1.82, 2.24) is 14.8 Å². The summed E-state index contributed by atoms with van der Waals surface area (Å²) in [5, 5.41) is 14.1. The van der Waals surface area contributed by atoms with Crippen LogP contribution >= 0.6 is 0 Å². The Balaban J connectivity index is 1.34. The summed E-state index contributed by atoms with van der Waals surface area (Å²) in [4.78, 5) is 7.83. The minimum Gasteiger partial charge on any atom is -0.396 e. The molecule has 4 atom stereocenters. The second kappa shape index (κ2) is 9.39. The lowest BCUT2D eigenvalue weighted by atomic mass is 9.87. The predicted molar refractivity (Wildman–Crippen MR) is 135 cm³/mol. The van der Waals surface area contributed by atoms with Crippen molar-refractivity contribution < 1.29 is 18.3 Å². The fraction of sp³-hybridized carbons (Fsp3) is 0.500. The van der Waals surface area contributed by atoms with Gasteiger partial charge >= 0.3 is 0 Å². The second-order valence-corrected chi connectivity index (χ2v) is 10.7. The zero-order chi connectivity index (χ0) is 25.0. The van der Waals surface area contributed by atoms with E-state index in [0.29, 0.717) is 18.7 Å². The van der Waals surface area contributed by atoms with Crippen molar-refractivity contribution in [3.05, 3.63) is 64.9 Å². The molecular formula is C28H33F3N4O. The second-order valence-electron chi connectivity index (χ2n) is 10.7. The molecule has 1 aromatic heterocycles. The molecule has 6 rings (SSSR count). The molecule has 0 spiro atoms. The summed E-state index contributed by atoms with van der Waals surface area (Å²) in [6.45, 7) is 4.04. The molecule has 3 aliphatic rings. The number of anilines is 1. The van der Waals surface area contributed by atoms with Crippen LogP contribution in [-0.4, -0.2) is 70.9 Å². The van der Waals surface area contributed by atoms with E-state index in [1.165, 1.54) is 12.1 Å². The number of H-pyrrole nitrogens is 1. The fourth-order valence-corrected chi connectivity index (χ4v) is 6.37. The average molecular weight is 499 g/mol. The van der Waals surface area contributed by atoms with Crippen LogP contribution in [0.3, 0.4) is 0 Å². The quantitative estimate of drug-likeness (QED) is 0.424. The van der Waals surface area contributed by atoms with Gasteiger partial charge in [-0.05, 0) is 55.9 Å². The van der Waals surface area contributed by atoms with Crippen LogP contribution in [-0.2, 0) is 6.42 Å². The molecular weight excluding hydrogens is 465 g/mol. The molecule has 1 saturated heterocycles. The number of benzene rings is 2. The highest BCUT2D eigenvalue weighted by Crippen LogP contribution is 2.49. The highest BCUT2D eigenvalue weighted by atomic mass is 19.1. The zero-order valence-corrected chi connectivity index (χ0v) is 20.5. The molecule has 1 aliphatic carbocycles. The molecule has 4 unspecified atom stereocenters. The van der Waals surface area contributed by atoms with Crippen molar-refractivity contribution in [2.24, 2.45) is 5.92 Å². The lowest BCUT2D eigenvalue weighted by Crippen LogP contribution is -2.54. The van der Waals surface area contributed by atoms with Crippen molar-refractivity contribution in [3.8, 4) is 0 Å². The van der Waals surface area contributed by atoms with Crippen molar-refractivity contribution >= 4 is 16.6 Å². The van der Waals surface area contributed by atoms with Crippen LogP contribution in [0.4, 0.5) is 18.9 Å². The number of alkyl halides is 1. The number of aromatic amines is 1. The third-order valence-electron chi connectivity index (χ3n) is 8.22. The van der Waals surface area contributed by atoms with Crippen molar-refractivity contribution in [3.63, 3.8) is 0 Å². The molecule has 3 heterocycles. The first-order valence-electron chi connectivity index (χ1n) is 13.0. The van der Waals surface area contributed by atoms with E-state index in [4.69, 9.17) is 0 Å². The first-order valence-corrected chi connectivity index (χ1v) is 13.0. The van der Waals surface area contributed by atoms with Crippen LogP contribution in [0, 0.1) is 17.6 Å². The van der Waals surface area contributed by atoms with E-state index in [2.05, 4.69) is 33.1 Å². The molecule has 0 radical (unpaired) electrons. The van der Waals surface area contributed by atoms with Gasteiger partial charge in [0, 0.05) is 66.2 Å². The van der Waals surface area contributed by atoms with E-state index in [-0.39, 0.29) is 42.9 Å². The number of para-hydroxylation sites is 1. The third-order valence-corrected chi connectivity index (χ3v) is 8.22. The van der Waals surface area contributed by atoms with Crippen LogP contribution in [0.1, 0.15) is 42.6 Å². The van der Waals surface area contributed by atoms with Gasteiger partial charge in [-0.3, -0.25) is 14.2 Å². The molecule has 3 aromatic rings. The molecule has 2 fully saturated rings. The molecule has 2 aromatic carbocycles. The highest BCUT2D eigenvalue weighted by molar-refractivity contribution is 5.85. The number of hydrogen-bond donors (Lipinski definition) is 3. The fourth-order valence-electron chi connectivity index (χ4n) is 6.37. The minimum absolute atomic E-state index is 0.0571. The van der Waals surface area contributed by atoms with Gasteiger partial charge in [0.15, 0.2) is 0 Å². The van der Waals surface area contributed by atoms with E-state index in [1.807, 2.05) is 18.2 Å². The van der Waals surface area contributed by atoms with Crippen LogP contribution in [0.2, 0.25) is 0 Å². The standard InChI is InChI=1S/C28H33F3N4O/c1-16-9-21-20-5-2-3-6-24(20)33-27(21)28(35(16)25-10-17(25)15-36)26-22(30)11-18(12-23(26)31)32-19-13-34(14-19)8-4-7-29/h2-3,5-6,11-12,16-17,19,25,28,32-33,36H,4,7-10,13-15H2,1H3. The average Bonchev–Trinajstić information content (AvgIpc) is 3.52. The van der Waals surface area contributed by atoms with Crippen LogP contribution in [0.15, 0.2) is 36.4 Å². The monoisotopic (exact) mass is 498 g/mol. The van der Waals surface area contributed by atoms with Gasteiger partial charge in [-0.25, -0.2) is 8.78 Å². The van der Waals surface area contributed by atoms with Gasteiger partial charge in [-0.1, -0.05) is 18.2 Å². The topological polar surface area (TPSA) is 54.5 Å². The Morgan fingerprint density at radius 3 is 2.58 bits per heavy atom. The first kappa shape index (κ1) is 23.8. The number of halogens is 3. The summed E-state index contributed by atoms with van der Waals surface area (Å²) in [6, 6.07) is 10.5. The molecule has 36 heavy (non-hydrogen) atoms. The molecule has 3 N–H and O–H groups in total. The number of nitrogens with zero attached hydrogens (tertiary/aromatic N) is 2. The normalized spacial score (nSPS) is 26.7. The summed E-state index contributed by atoms with van der Waals surface area (Å²) in [6.07, 6.45) is 2.12. The van der Waals surface area contributed by atoms with Crippen molar-refractivity contribution in [1.29, 1.82) is 0 Å². The number of nitrogens with one attached hydrogen (secondary N) is 2. The molecule has 8 heteroatoms. The van der Waals surface area contributed by atoms with E-state index >= 15 is 8.78 Å². The summed E-state index contributed by atoms with van der Waals surface area (Å²) in [7, 11) is 0. The minimum atomic E-state index is -0.591. The Bertz CT molecular complexity index is 1230. The SMILES string of the molecule is CC1Cc2c([nH]c3ccccc23)C(c2c(F)cc(NC3CN(CCCF)C3)cc2F)N1C1CC1CO. The van der Waals surface area contributed by atoms with Gasteiger partial charge in [-0.15, -0.1) is 0 Å². The maximum atomic E-state index is 15.8. The lowest BCUT2D eigenvalue weighted by molar-refractivity contribution is 0.118. The number of rotatable bonds is 8. The van der Waals surface area contributed by atoms with E-state index < -0.39 is 17.7 Å². The molecule has 5 nitrogen and oxygen atoms in total. The van der Waals surface area contributed by atoms with E-state index in [1.54, 1.807) is 0 Å². The number of likely N-dealkylation sites (tertiary alicyclic amines) is 1. The van der Waals surface area contributed by atoms with Gasteiger partial charge in [0.25, 0.3) is 0 Å². The van der Waals surface area contributed by atoms with Gasteiger partial charge in [-0.2, -0.15) is 0 Å².